The second kappa shape index (κ2) is 7.09. The van der Waals surface area contributed by atoms with Crippen molar-refractivity contribution in [2.24, 2.45) is 5.41 Å². The Morgan fingerprint density at radius 2 is 1.96 bits per heavy atom. The van der Waals surface area contributed by atoms with Crippen molar-refractivity contribution in [3.8, 4) is 0 Å². The van der Waals surface area contributed by atoms with E-state index in [1.807, 2.05) is 6.92 Å². The van der Waals surface area contributed by atoms with Crippen molar-refractivity contribution in [1.82, 2.24) is 4.90 Å². The van der Waals surface area contributed by atoms with Crippen LogP contribution >= 0.6 is 0 Å². The Morgan fingerprint density at radius 3 is 2.46 bits per heavy atom. The number of hydrogen-bond donors (Lipinski definition) is 1. The molecule has 1 aliphatic rings. The minimum atomic E-state index is -0.790. The highest BCUT2D eigenvalue weighted by Crippen LogP contribution is 2.40. The van der Waals surface area contributed by atoms with Crippen LogP contribution in [0.3, 0.4) is 0 Å². The van der Waals surface area contributed by atoms with E-state index in [1.54, 1.807) is 17.0 Å². The standard InChI is InChI=1S/C19H28FNO3/c1-14(18(2,3)4)21-12-11-19(10-5-13-22,24-17(21)23)15-6-8-16(20)9-7-15/h6-9,14,22H,5,10-13H2,1-4H3/t14?,19-/m0/s1. The number of benzene rings is 1. The van der Waals surface area contributed by atoms with Gasteiger partial charge in [0.1, 0.15) is 11.4 Å². The number of amides is 1. The summed E-state index contributed by atoms with van der Waals surface area (Å²) in [5, 5.41) is 9.20. The number of carbonyl (C=O) groups is 1. The van der Waals surface area contributed by atoms with E-state index < -0.39 is 5.60 Å². The zero-order valence-electron chi connectivity index (χ0n) is 15.0. The molecular weight excluding hydrogens is 309 g/mol. The van der Waals surface area contributed by atoms with Crippen LogP contribution < -0.4 is 0 Å². The maximum Gasteiger partial charge on any atom is 0.410 e. The summed E-state index contributed by atoms with van der Waals surface area (Å²) in [7, 11) is 0. The van der Waals surface area contributed by atoms with Gasteiger partial charge in [0.25, 0.3) is 0 Å². The number of aliphatic hydroxyl groups is 1. The molecule has 0 saturated carbocycles. The molecule has 0 aromatic heterocycles. The Kier molecular flexibility index (Phi) is 5.53. The maximum absolute atomic E-state index is 13.3. The molecule has 24 heavy (non-hydrogen) atoms. The molecule has 1 N–H and O–H groups in total. The molecule has 4 nitrogen and oxygen atoms in total. The molecule has 2 atom stereocenters. The van der Waals surface area contributed by atoms with Gasteiger partial charge in [-0.05, 0) is 42.9 Å². The number of hydrogen-bond acceptors (Lipinski definition) is 3. The van der Waals surface area contributed by atoms with Crippen molar-refractivity contribution in [2.45, 2.75) is 58.6 Å². The van der Waals surface area contributed by atoms with Gasteiger partial charge in [-0.1, -0.05) is 32.9 Å². The minimum absolute atomic E-state index is 0.0304. The minimum Gasteiger partial charge on any atom is -0.438 e. The molecule has 5 heteroatoms. The molecule has 1 unspecified atom stereocenters. The fourth-order valence-corrected chi connectivity index (χ4v) is 3.13. The van der Waals surface area contributed by atoms with Gasteiger partial charge >= 0.3 is 6.09 Å². The van der Waals surface area contributed by atoms with Crippen LogP contribution in [0.5, 0.6) is 0 Å². The normalized spacial score (nSPS) is 23.1. The van der Waals surface area contributed by atoms with E-state index in [9.17, 15) is 14.3 Å². The molecule has 2 rings (SSSR count). The average Bonchev–Trinajstić information content (AvgIpc) is 2.52. The third-order valence-electron chi connectivity index (χ3n) is 5.10. The van der Waals surface area contributed by atoms with Crippen LogP contribution in [0, 0.1) is 11.2 Å². The quantitative estimate of drug-likeness (QED) is 0.881. The van der Waals surface area contributed by atoms with Crippen LogP contribution in [-0.4, -0.2) is 35.3 Å². The van der Waals surface area contributed by atoms with Crippen LogP contribution in [0.2, 0.25) is 0 Å². The van der Waals surface area contributed by atoms with E-state index in [1.165, 1.54) is 12.1 Å². The van der Waals surface area contributed by atoms with E-state index in [2.05, 4.69) is 20.8 Å². The highest BCUT2D eigenvalue weighted by Gasteiger charge is 2.44. The molecule has 0 radical (unpaired) electrons. The Labute approximate surface area is 143 Å². The summed E-state index contributed by atoms with van der Waals surface area (Å²) < 4.78 is 19.1. The summed E-state index contributed by atoms with van der Waals surface area (Å²) in [4.78, 5) is 14.4. The molecule has 1 aliphatic heterocycles. The Balaban J connectivity index is 2.26. The lowest BCUT2D eigenvalue weighted by atomic mass is 9.82. The molecule has 1 aromatic rings. The predicted molar refractivity (Wildman–Crippen MR) is 91.1 cm³/mol. The van der Waals surface area contributed by atoms with E-state index in [-0.39, 0.29) is 30.0 Å². The van der Waals surface area contributed by atoms with Gasteiger partial charge in [-0.15, -0.1) is 0 Å². The van der Waals surface area contributed by atoms with Crippen molar-refractivity contribution in [2.75, 3.05) is 13.2 Å². The predicted octanol–water partition coefficient (Wildman–Crippen LogP) is 4.07. The first kappa shape index (κ1) is 18.7. The summed E-state index contributed by atoms with van der Waals surface area (Å²) in [6.45, 7) is 8.93. The number of rotatable bonds is 5. The number of carbonyl (C=O) groups excluding carboxylic acids is 1. The molecule has 0 aliphatic carbocycles. The van der Waals surface area contributed by atoms with E-state index in [0.29, 0.717) is 25.8 Å². The lowest BCUT2D eigenvalue weighted by Gasteiger charge is -2.46. The molecule has 0 bridgehead atoms. The number of halogens is 1. The van der Waals surface area contributed by atoms with Gasteiger partial charge in [-0.25, -0.2) is 9.18 Å². The fraction of sp³-hybridized carbons (Fsp3) is 0.632. The number of cyclic esters (lactones) is 1. The van der Waals surface area contributed by atoms with Crippen LogP contribution in [0.25, 0.3) is 0 Å². The smallest absolute Gasteiger partial charge is 0.410 e. The van der Waals surface area contributed by atoms with Gasteiger partial charge in [0.15, 0.2) is 0 Å². The van der Waals surface area contributed by atoms with E-state index >= 15 is 0 Å². The second-order valence-corrected chi connectivity index (χ2v) is 7.68. The summed E-state index contributed by atoms with van der Waals surface area (Å²) in [5.41, 5.74) is -0.0458. The summed E-state index contributed by atoms with van der Waals surface area (Å²) in [6, 6.07) is 6.15. The van der Waals surface area contributed by atoms with E-state index in [4.69, 9.17) is 4.74 Å². The summed E-state index contributed by atoms with van der Waals surface area (Å²) in [5.74, 6) is -0.318. The first-order valence-electron chi connectivity index (χ1n) is 8.56. The van der Waals surface area contributed by atoms with Crippen molar-refractivity contribution in [3.05, 3.63) is 35.6 Å². The molecule has 134 valence electrons. The molecule has 1 fully saturated rings. The highest BCUT2D eigenvalue weighted by molar-refractivity contribution is 5.70. The highest BCUT2D eigenvalue weighted by atomic mass is 19.1. The number of aliphatic hydroxyl groups excluding tert-OH is 1. The number of ether oxygens (including phenoxy) is 1. The molecule has 1 heterocycles. The first-order chi connectivity index (χ1) is 11.2. The second-order valence-electron chi connectivity index (χ2n) is 7.68. The molecular formula is C19H28FNO3. The topological polar surface area (TPSA) is 49.8 Å². The zero-order chi connectivity index (χ0) is 18.0. The molecule has 1 saturated heterocycles. The summed E-state index contributed by atoms with van der Waals surface area (Å²) >= 11 is 0. The SMILES string of the molecule is CC(N1CC[C@@](CCCO)(c2ccc(F)cc2)OC1=O)C(C)(C)C. The Hall–Kier alpha value is -1.62. The third kappa shape index (κ3) is 3.89. The van der Waals surface area contributed by atoms with Crippen molar-refractivity contribution in [3.63, 3.8) is 0 Å². The lowest BCUT2D eigenvalue weighted by molar-refractivity contribution is -0.0760. The fourth-order valence-electron chi connectivity index (χ4n) is 3.13. The molecule has 1 aromatic carbocycles. The van der Waals surface area contributed by atoms with Gasteiger partial charge in [0.05, 0.1) is 0 Å². The van der Waals surface area contributed by atoms with Gasteiger partial charge in [0, 0.05) is 25.6 Å². The maximum atomic E-state index is 13.3. The monoisotopic (exact) mass is 337 g/mol. The van der Waals surface area contributed by atoms with Gasteiger partial charge in [-0.3, -0.25) is 0 Å². The third-order valence-corrected chi connectivity index (χ3v) is 5.10. The largest absolute Gasteiger partial charge is 0.438 e. The van der Waals surface area contributed by atoms with Crippen LogP contribution in [0.15, 0.2) is 24.3 Å². The van der Waals surface area contributed by atoms with Crippen LogP contribution in [-0.2, 0) is 10.3 Å². The van der Waals surface area contributed by atoms with Gasteiger partial charge in [-0.2, -0.15) is 0 Å². The van der Waals surface area contributed by atoms with Gasteiger partial charge in [0.2, 0.25) is 0 Å². The van der Waals surface area contributed by atoms with E-state index in [0.717, 1.165) is 5.56 Å². The number of nitrogens with zero attached hydrogens (tertiary/aromatic N) is 1. The molecule has 0 spiro atoms. The van der Waals surface area contributed by atoms with Crippen LogP contribution in [0.4, 0.5) is 9.18 Å². The zero-order valence-corrected chi connectivity index (χ0v) is 15.0. The average molecular weight is 337 g/mol. The van der Waals surface area contributed by atoms with Crippen molar-refractivity contribution >= 4 is 6.09 Å². The van der Waals surface area contributed by atoms with Crippen molar-refractivity contribution in [1.29, 1.82) is 0 Å². The molecule has 1 amide bonds. The summed E-state index contributed by atoms with van der Waals surface area (Å²) in [6.07, 6.45) is 1.34. The first-order valence-corrected chi connectivity index (χ1v) is 8.56. The van der Waals surface area contributed by atoms with Crippen molar-refractivity contribution < 1.29 is 19.0 Å². The van der Waals surface area contributed by atoms with Gasteiger partial charge < -0.3 is 14.7 Å². The Morgan fingerprint density at radius 1 is 1.33 bits per heavy atom. The lowest BCUT2D eigenvalue weighted by Crippen LogP contribution is -2.54. The van der Waals surface area contributed by atoms with Crippen LogP contribution in [0.1, 0.15) is 52.5 Å². The Bertz CT molecular complexity index is 567.